The minimum absolute atomic E-state index is 0.0285. The van der Waals surface area contributed by atoms with Crippen molar-refractivity contribution >= 4 is 50.8 Å². The van der Waals surface area contributed by atoms with Crippen LogP contribution >= 0.6 is 34.7 Å². The molecule has 1 amide bonds. The highest BCUT2D eigenvalue weighted by Crippen LogP contribution is 2.31. The molecule has 0 saturated carbocycles. The average Bonchev–Trinajstić information content (AvgIpc) is 3.01. The van der Waals surface area contributed by atoms with E-state index in [0.717, 1.165) is 25.9 Å². The van der Waals surface area contributed by atoms with Crippen LogP contribution in [0.15, 0.2) is 46.8 Å². The predicted molar refractivity (Wildman–Crippen MR) is 105 cm³/mol. The molecule has 0 aliphatic rings. The predicted octanol–water partition coefficient (Wildman–Crippen LogP) is 4.76. The van der Waals surface area contributed by atoms with E-state index in [-0.39, 0.29) is 5.91 Å². The normalized spacial score (nSPS) is 10.8. The molecule has 130 valence electrons. The highest BCUT2D eigenvalue weighted by Gasteiger charge is 2.09. The fraction of sp³-hybridized carbons (Fsp3) is 0.222. The zero-order valence-corrected chi connectivity index (χ0v) is 16.0. The van der Waals surface area contributed by atoms with Gasteiger partial charge in [-0.2, -0.15) is 0 Å². The smallest absolute Gasteiger partial charge is 0.230 e. The summed E-state index contributed by atoms with van der Waals surface area (Å²) in [5.41, 5.74) is 1.91. The Labute approximate surface area is 159 Å². The lowest BCUT2D eigenvalue weighted by Gasteiger charge is -2.04. The van der Waals surface area contributed by atoms with Gasteiger partial charge < -0.3 is 10.1 Å². The Balaban J connectivity index is 1.54. The molecule has 0 atom stereocenters. The van der Waals surface area contributed by atoms with Crippen LogP contribution in [0.5, 0.6) is 5.75 Å². The van der Waals surface area contributed by atoms with Gasteiger partial charge in [0.25, 0.3) is 0 Å². The van der Waals surface area contributed by atoms with Crippen LogP contribution in [0.3, 0.4) is 0 Å². The first kappa shape index (κ1) is 18.0. The molecule has 0 fully saturated rings. The molecule has 1 heterocycles. The zero-order valence-electron chi connectivity index (χ0n) is 13.6. The van der Waals surface area contributed by atoms with E-state index in [4.69, 9.17) is 16.3 Å². The molecule has 0 unspecified atom stereocenters. The fourth-order valence-corrected chi connectivity index (χ4v) is 4.37. The van der Waals surface area contributed by atoms with Crippen LogP contribution in [0.4, 0.5) is 0 Å². The number of hydrogen-bond acceptors (Lipinski definition) is 5. The molecular formula is C18H17ClN2O2S2. The lowest BCUT2D eigenvalue weighted by Crippen LogP contribution is -2.24. The van der Waals surface area contributed by atoms with E-state index in [1.165, 1.54) is 11.8 Å². The molecule has 0 radical (unpaired) electrons. The number of carbonyl (C=O) groups excluding carboxylic acids is 1. The van der Waals surface area contributed by atoms with Gasteiger partial charge >= 0.3 is 0 Å². The van der Waals surface area contributed by atoms with E-state index in [1.54, 1.807) is 11.3 Å². The van der Waals surface area contributed by atoms with E-state index >= 15 is 0 Å². The molecule has 7 heteroatoms. The molecule has 1 aromatic heterocycles. The van der Waals surface area contributed by atoms with Gasteiger partial charge in [-0.05, 0) is 42.8 Å². The Morgan fingerprint density at radius 2 is 2.20 bits per heavy atom. The third-order valence-electron chi connectivity index (χ3n) is 3.36. The summed E-state index contributed by atoms with van der Waals surface area (Å²) < 4.78 is 7.44. The van der Waals surface area contributed by atoms with Crippen LogP contribution < -0.4 is 10.1 Å². The molecule has 0 aliphatic carbocycles. The number of amides is 1. The highest BCUT2D eigenvalue weighted by molar-refractivity contribution is 8.01. The maximum Gasteiger partial charge on any atom is 0.230 e. The van der Waals surface area contributed by atoms with Crippen LogP contribution in [0.2, 0.25) is 5.02 Å². The molecule has 3 rings (SSSR count). The molecule has 0 spiro atoms. The van der Waals surface area contributed by atoms with Gasteiger partial charge in [0.1, 0.15) is 5.75 Å². The standard InChI is InChI=1S/C18H17ClN2O2S2/c1-2-23-14-6-7-15-16(9-14)25-18(21-15)24-11-17(22)20-10-12-4-3-5-13(19)8-12/h3-9H,2,10-11H2,1H3,(H,20,22). The van der Waals surface area contributed by atoms with Crippen LogP contribution in [0.25, 0.3) is 10.2 Å². The van der Waals surface area contributed by atoms with Crippen molar-refractivity contribution in [3.05, 3.63) is 53.1 Å². The molecule has 0 saturated heterocycles. The molecule has 0 aliphatic heterocycles. The van der Waals surface area contributed by atoms with Gasteiger partial charge in [0.05, 0.1) is 22.6 Å². The van der Waals surface area contributed by atoms with Crippen molar-refractivity contribution < 1.29 is 9.53 Å². The number of carbonyl (C=O) groups is 1. The number of thiazole rings is 1. The van der Waals surface area contributed by atoms with Gasteiger partial charge in [-0.15, -0.1) is 11.3 Å². The Kier molecular flexibility index (Phi) is 6.18. The summed E-state index contributed by atoms with van der Waals surface area (Å²) in [6, 6.07) is 13.3. The fourth-order valence-electron chi connectivity index (χ4n) is 2.23. The number of rotatable bonds is 7. The van der Waals surface area contributed by atoms with Gasteiger partial charge in [-0.3, -0.25) is 4.79 Å². The lowest BCUT2D eigenvalue weighted by molar-refractivity contribution is -0.118. The molecule has 25 heavy (non-hydrogen) atoms. The SMILES string of the molecule is CCOc1ccc2nc(SCC(=O)NCc3cccc(Cl)c3)sc2c1. The zero-order chi connectivity index (χ0) is 17.6. The Morgan fingerprint density at radius 3 is 3.00 bits per heavy atom. The number of thioether (sulfide) groups is 1. The maximum absolute atomic E-state index is 12.0. The summed E-state index contributed by atoms with van der Waals surface area (Å²) in [7, 11) is 0. The van der Waals surface area contributed by atoms with E-state index in [0.29, 0.717) is 23.9 Å². The van der Waals surface area contributed by atoms with Crippen LogP contribution in [-0.4, -0.2) is 23.3 Å². The maximum atomic E-state index is 12.0. The summed E-state index contributed by atoms with van der Waals surface area (Å²) in [6.45, 7) is 3.07. The van der Waals surface area contributed by atoms with E-state index in [1.807, 2.05) is 49.4 Å². The van der Waals surface area contributed by atoms with Crippen molar-refractivity contribution in [3.8, 4) is 5.75 Å². The molecule has 1 N–H and O–H groups in total. The molecule has 0 bridgehead atoms. The lowest BCUT2D eigenvalue weighted by atomic mass is 10.2. The number of nitrogens with zero attached hydrogens (tertiary/aromatic N) is 1. The highest BCUT2D eigenvalue weighted by atomic mass is 35.5. The summed E-state index contributed by atoms with van der Waals surface area (Å²) >= 11 is 8.95. The van der Waals surface area contributed by atoms with Gasteiger partial charge in [0.2, 0.25) is 5.91 Å². The molecule has 4 nitrogen and oxygen atoms in total. The van der Waals surface area contributed by atoms with Crippen molar-refractivity contribution in [2.24, 2.45) is 0 Å². The van der Waals surface area contributed by atoms with Crippen molar-refractivity contribution in [3.63, 3.8) is 0 Å². The second kappa shape index (κ2) is 8.56. The molecule has 3 aromatic rings. The first-order chi connectivity index (χ1) is 12.1. The summed E-state index contributed by atoms with van der Waals surface area (Å²) in [4.78, 5) is 16.6. The monoisotopic (exact) mass is 392 g/mol. The summed E-state index contributed by atoms with van der Waals surface area (Å²) in [6.07, 6.45) is 0. The van der Waals surface area contributed by atoms with Gasteiger partial charge in [-0.1, -0.05) is 35.5 Å². The minimum atomic E-state index is -0.0285. The molecule has 2 aromatic carbocycles. The van der Waals surface area contributed by atoms with Crippen molar-refractivity contribution in [2.45, 2.75) is 17.8 Å². The van der Waals surface area contributed by atoms with E-state index in [2.05, 4.69) is 10.3 Å². The number of fused-ring (bicyclic) bond motifs is 1. The van der Waals surface area contributed by atoms with Crippen LogP contribution in [0.1, 0.15) is 12.5 Å². The Bertz CT molecular complexity index is 882. The first-order valence-electron chi connectivity index (χ1n) is 7.81. The number of aromatic nitrogens is 1. The van der Waals surface area contributed by atoms with Crippen molar-refractivity contribution in [1.82, 2.24) is 10.3 Å². The van der Waals surface area contributed by atoms with Crippen molar-refractivity contribution in [2.75, 3.05) is 12.4 Å². The summed E-state index contributed by atoms with van der Waals surface area (Å²) in [5.74, 6) is 1.15. The number of nitrogens with one attached hydrogen (secondary N) is 1. The minimum Gasteiger partial charge on any atom is -0.494 e. The van der Waals surface area contributed by atoms with Crippen LogP contribution in [0, 0.1) is 0 Å². The Morgan fingerprint density at radius 1 is 1.32 bits per heavy atom. The third-order valence-corrected chi connectivity index (χ3v) is 5.75. The van der Waals surface area contributed by atoms with Gasteiger partial charge in [0.15, 0.2) is 4.34 Å². The van der Waals surface area contributed by atoms with Crippen molar-refractivity contribution in [1.29, 1.82) is 0 Å². The number of halogens is 1. The van der Waals surface area contributed by atoms with Gasteiger partial charge in [0, 0.05) is 11.6 Å². The van der Waals surface area contributed by atoms with E-state index in [9.17, 15) is 4.79 Å². The largest absolute Gasteiger partial charge is 0.494 e. The number of ether oxygens (including phenoxy) is 1. The summed E-state index contributed by atoms with van der Waals surface area (Å²) in [5, 5.41) is 3.56. The average molecular weight is 393 g/mol. The second-order valence-electron chi connectivity index (χ2n) is 5.24. The number of benzene rings is 2. The van der Waals surface area contributed by atoms with E-state index < -0.39 is 0 Å². The Hall–Kier alpha value is -1.76. The number of hydrogen-bond donors (Lipinski definition) is 1. The molecular weight excluding hydrogens is 376 g/mol. The quantitative estimate of drug-likeness (QED) is 0.589. The van der Waals surface area contributed by atoms with Gasteiger partial charge in [-0.25, -0.2) is 4.98 Å². The first-order valence-corrected chi connectivity index (χ1v) is 9.99. The topological polar surface area (TPSA) is 51.2 Å². The second-order valence-corrected chi connectivity index (χ2v) is 7.93. The van der Waals surface area contributed by atoms with Crippen LogP contribution in [-0.2, 0) is 11.3 Å². The third kappa shape index (κ3) is 5.11.